The van der Waals surface area contributed by atoms with Crippen molar-refractivity contribution in [3.63, 3.8) is 0 Å². The maximum atomic E-state index is 12.4. The average Bonchev–Trinajstić information content (AvgIpc) is 2.40. The van der Waals surface area contributed by atoms with E-state index in [9.17, 15) is 19.2 Å². The Hall–Kier alpha value is -2.64. The van der Waals surface area contributed by atoms with Crippen LogP contribution in [-0.4, -0.2) is 51.9 Å². The van der Waals surface area contributed by atoms with E-state index in [1.165, 1.54) is 6.07 Å². The Bertz CT molecular complexity index is 651. The molecule has 8 nitrogen and oxygen atoms in total. The molecule has 0 radical (unpaired) electrons. The molecule has 21 heavy (non-hydrogen) atoms. The van der Waals surface area contributed by atoms with Gasteiger partial charge in [-0.3, -0.25) is 19.2 Å². The van der Waals surface area contributed by atoms with Gasteiger partial charge in [0.05, 0.1) is 6.42 Å². The number of carboxylic acids is 1. The monoisotopic (exact) mass is 293 g/mol. The lowest BCUT2D eigenvalue weighted by molar-refractivity contribution is -0.142. The SMILES string of the molecule is Cc1ccc(C(=O)N2CCNC(=O)C2CC(=O)O)c(=O)[nH]1. The molecule has 1 fully saturated rings. The standard InChI is InChI=1S/C13H15N3O5/c1-7-2-3-8(11(19)15-7)13(21)16-5-4-14-12(20)9(16)6-10(17)18/h2-3,9H,4-6H2,1H3,(H,14,20)(H,15,19)(H,17,18). The summed E-state index contributed by atoms with van der Waals surface area (Å²) >= 11 is 0. The molecule has 2 rings (SSSR count). The summed E-state index contributed by atoms with van der Waals surface area (Å²) in [5, 5.41) is 11.4. The number of aromatic nitrogens is 1. The molecule has 8 heteroatoms. The van der Waals surface area contributed by atoms with Crippen LogP contribution in [0.4, 0.5) is 0 Å². The van der Waals surface area contributed by atoms with Crippen LogP contribution in [0.5, 0.6) is 0 Å². The second kappa shape index (κ2) is 5.78. The van der Waals surface area contributed by atoms with E-state index in [0.29, 0.717) is 5.69 Å². The second-order valence-electron chi connectivity index (χ2n) is 4.79. The first-order valence-corrected chi connectivity index (χ1v) is 6.40. The van der Waals surface area contributed by atoms with E-state index in [1.807, 2.05) is 0 Å². The zero-order valence-electron chi connectivity index (χ0n) is 11.4. The van der Waals surface area contributed by atoms with Crippen molar-refractivity contribution < 1.29 is 19.5 Å². The van der Waals surface area contributed by atoms with Crippen molar-refractivity contribution in [2.24, 2.45) is 0 Å². The molecule has 1 saturated heterocycles. The number of pyridine rings is 1. The zero-order chi connectivity index (χ0) is 15.6. The maximum absolute atomic E-state index is 12.4. The fraction of sp³-hybridized carbons (Fsp3) is 0.385. The number of aromatic amines is 1. The number of hydrogen-bond donors (Lipinski definition) is 3. The summed E-state index contributed by atoms with van der Waals surface area (Å²) in [6.45, 7) is 2.07. The zero-order valence-corrected chi connectivity index (χ0v) is 11.4. The van der Waals surface area contributed by atoms with Crippen molar-refractivity contribution >= 4 is 17.8 Å². The molecule has 0 spiro atoms. The van der Waals surface area contributed by atoms with Crippen molar-refractivity contribution in [3.05, 3.63) is 33.7 Å². The summed E-state index contributed by atoms with van der Waals surface area (Å²) in [7, 11) is 0. The maximum Gasteiger partial charge on any atom is 0.305 e. The van der Waals surface area contributed by atoms with Crippen molar-refractivity contribution in [3.8, 4) is 0 Å². The fourth-order valence-electron chi connectivity index (χ4n) is 2.22. The molecule has 0 aliphatic carbocycles. The molecular formula is C13H15N3O5. The number of carbonyl (C=O) groups is 3. The number of nitrogens with zero attached hydrogens (tertiary/aromatic N) is 1. The number of aryl methyl sites for hydroxylation is 1. The highest BCUT2D eigenvalue weighted by atomic mass is 16.4. The number of amides is 2. The van der Waals surface area contributed by atoms with Crippen molar-refractivity contribution in [2.75, 3.05) is 13.1 Å². The quantitative estimate of drug-likeness (QED) is 0.667. The van der Waals surface area contributed by atoms with Crippen molar-refractivity contribution in [1.82, 2.24) is 15.2 Å². The van der Waals surface area contributed by atoms with Crippen LogP contribution in [0.1, 0.15) is 22.5 Å². The van der Waals surface area contributed by atoms with Crippen LogP contribution in [-0.2, 0) is 9.59 Å². The van der Waals surface area contributed by atoms with Crippen LogP contribution in [0, 0.1) is 6.92 Å². The molecule has 2 amide bonds. The molecule has 2 heterocycles. The molecule has 1 aromatic heterocycles. The van der Waals surface area contributed by atoms with E-state index in [-0.39, 0.29) is 18.7 Å². The van der Waals surface area contributed by atoms with E-state index in [0.717, 1.165) is 4.90 Å². The fourth-order valence-corrected chi connectivity index (χ4v) is 2.22. The lowest BCUT2D eigenvalue weighted by Gasteiger charge is -2.34. The predicted molar refractivity (Wildman–Crippen MR) is 71.9 cm³/mol. The van der Waals surface area contributed by atoms with E-state index in [2.05, 4.69) is 10.3 Å². The Labute approximate surface area is 119 Å². The van der Waals surface area contributed by atoms with Crippen molar-refractivity contribution in [2.45, 2.75) is 19.4 Å². The smallest absolute Gasteiger partial charge is 0.305 e. The molecule has 1 unspecified atom stereocenters. The van der Waals surface area contributed by atoms with Crippen LogP contribution in [0.2, 0.25) is 0 Å². The third kappa shape index (κ3) is 3.10. The number of hydrogen-bond acceptors (Lipinski definition) is 4. The van der Waals surface area contributed by atoms with Crippen LogP contribution in [0.3, 0.4) is 0 Å². The minimum absolute atomic E-state index is 0.106. The highest BCUT2D eigenvalue weighted by molar-refractivity contribution is 5.99. The van der Waals surface area contributed by atoms with Gasteiger partial charge in [0.15, 0.2) is 0 Å². The van der Waals surface area contributed by atoms with Gasteiger partial charge < -0.3 is 20.3 Å². The average molecular weight is 293 g/mol. The van der Waals surface area contributed by atoms with Gasteiger partial charge in [-0.2, -0.15) is 0 Å². The topological polar surface area (TPSA) is 120 Å². The largest absolute Gasteiger partial charge is 0.481 e. The van der Waals surface area contributed by atoms with Gasteiger partial charge in [0.2, 0.25) is 5.91 Å². The third-order valence-electron chi connectivity index (χ3n) is 3.25. The summed E-state index contributed by atoms with van der Waals surface area (Å²) in [5.41, 5.74) is -0.0548. The van der Waals surface area contributed by atoms with Gasteiger partial charge in [0, 0.05) is 18.8 Å². The first-order chi connectivity index (χ1) is 9.90. The van der Waals surface area contributed by atoms with Crippen LogP contribution >= 0.6 is 0 Å². The molecule has 0 saturated carbocycles. The van der Waals surface area contributed by atoms with E-state index in [1.54, 1.807) is 13.0 Å². The van der Waals surface area contributed by atoms with Gasteiger partial charge in [0.1, 0.15) is 11.6 Å². The summed E-state index contributed by atoms with van der Waals surface area (Å²) in [6, 6.07) is 1.84. The predicted octanol–water partition coefficient (Wildman–Crippen LogP) is -0.901. The Morgan fingerprint density at radius 3 is 2.71 bits per heavy atom. The molecule has 1 atom stereocenters. The van der Waals surface area contributed by atoms with Gasteiger partial charge in [-0.25, -0.2) is 0 Å². The Balaban J connectivity index is 2.32. The molecule has 1 aliphatic rings. The molecule has 0 aromatic carbocycles. The van der Waals surface area contributed by atoms with Crippen LogP contribution in [0.25, 0.3) is 0 Å². The number of H-pyrrole nitrogens is 1. The van der Waals surface area contributed by atoms with Crippen LogP contribution in [0.15, 0.2) is 16.9 Å². The van der Waals surface area contributed by atoms with Crippen molar-refractivity contribution in [1.29, 1.82) is 0 Å². The van der Waals surface area contributed by atoms with E-state index >= 15 is 0 Å². The van der Waals surface area contributed by atoms with E-state index < -0.39 is 35.8 Å². The number of carbonyl (C=O) groups excluding carboxylic acids is 2. The second-order valence-corrected chi connectivity index (χ2v) is 4.79. The van der Waals surface area contributed by atoms with Gasteiger partial charge in [-0.15, -0.1) is 0 Å². The molecular weight excluding hydrogens is 278 g/mol. The lowest BCUT2D eigenvalue weighted by atomic mass is 10.1. The highest BCUT2D eigenvalue weighted by Crippen LogP contribution is 2.12. The number of nitrogens with one attached hydrogen (secondary N) is 2. The van der Waals surface area contributed by atoms with Crippen LogP contribution < -0.4 is 10.9 Å². The number of aliphatic carboxylic acids is 1. The number of carboxylic acid groups (broad SMARTS) is 1. The number of rotatable bonds is 3. The minimum Gasteiger partial charge on any atom is -0.481 e. The highest BCUT2D eigenvalue weighted by Gasteiger charge is 2.35. The number of piperazine rings is 1. The van der Waals surface area contributed by atoms with Gasteiger partial charge in [-0.1, -0.05) is 0 Å². The van der Waals surface area contributed by atoms with E-state index in [4.69, 9.17) is 5.11 Å². The summed E-state index contributed by atoms with van der Waals surface area (Å²) in [6.07, 6.45) is -0.499. The molecule has 112 valence electrons. The summed E-state index contributed by atoms with van der Waals surface area (Å²) in [4.78, 5) is 50.5. The first-order valence-electron chi connectivity index (χ1n) is 6.40. The first kappa shape index (κ1) is 14.8. The Morgan fingerprint density at radius 2 is 2.10 bits per heavy atom. The molecule has 1 aliphatic heterocycles. The minimum atomic E-state index is -1.19. The molecule has 3 N–H and O–H groups in total. The summed E-state index contributed by atoms with van der Waals surface area (Å²) < 4.78 is 0. The molecule has 0 bridgehead atoms. The molecule has 1 aromatic rings. The lowest BCUT2D eigenvalue weighted by Crippen LogP contribution is -2.58. The van der Waals surface area contributed by atoms with Gasteiger partial charge >= 0.3 is 5.97 Å². The third-order valence-corrected chi connectivity index (χ3v) is 3.25. The normalized spacial score (nSPS) is 18.2. The summed E-state index contributed by atoms with van der Waals surface area (Å²) in [5.74, 6) is -2.36. The van der Waals surface area contributed by atoms with Gasteiger partial charge in [-0.05, 0) is 19.1 Å². The Kier molecular flexibility index (Phi) is 4.06. The Morgan fingerprint density at radius 1 is 1.38 bits per heavy atom. The van der Waals surface area contributed by atoms with Gasteiger partial charge in [0.25, 0.3) is 11.5 Å².